The van der Waals surface area contributed by atoms with Crippen LogP contribution in [-0.2, 0) is 11.3 Å². The molecule has 18 heavy (non-hydrogen) atoms. The molecule has 0 saturated carbocycles. The van der Waals surface area contributed by atoms with Gasteiger partial charge in [0.05, 0.1) is 6.61 Å². The van der Waals surface area contributed by atoms with Gasteiger partial charge < -0.3 is 19.5 Å². The standard InChI is InChI=1S/C13H22N4O/c1-18-8-7-16-6-5-15-13(16)17-9-11-3-2-4-14-12(11)10-17/h5-6,11-12,14H,2-4,7-10H2,1H3. The highest BCUT2D eigenvalue weighted by atomic mass is 16.5. The van der Waals surface area contributed by atoms with Crippen molar-refractivity contribution >= 4 is 5.95 Å². The van der Waals surface area contributed by atoms with Gasteiger partial charge in [0.2, 0.25) is 5.95 Å². The third-order valence-corrected chi connectivity index (χ3v) is 4.11. The average molecular weight is 250 g/mol. The molecular weight excluding hydrogens is 228 g/mol. The van der Waals surface area contributed by atoms with Crippen LogP contribution in [0.5, 0.6) is 0 Å². The zero-order chi connectivity index (χ0) is 12.4. The molecule has 0 aromatic carbocycles. The van der Waals surface area contributed by atoms with Crippen LogP contribution in [0.3, 0.4) is 0 Å². The van der Waals surface area contributed by atoms with Gasteiger partial charge in [-0.2, -0.15) is 0 Å². The zero-order valence-electron chi connectivity index (χ0n) is 11.0. The number of aromatic nitrogens is 2. The summed E-state index contributed by atoms with van der Waals surface area (Å²) >= 11 is 0. The van der Waals surface area contributed by atoms with E-state index in [2.05, 4.69) is 19.8 Å². The number of ether oxygens (including phenoxy) is 1. The monoisotopic (exact) mass is 250 g/mol. The van der Waals surface area contributed by atoms with E-state index in [1.165, 1.54) is 19.4 Å². The van der Waals surface area contributed by atoms with Crippen LogP contribution < -0.4 is 10.2 Å². The highest BCUT2D eigenvalue weighted by Crippen LogP contribution is 2.28. The second-order valence-corrected chi connectivity index (χ2v) is 5.28. The molecule has 0 radical (unpaired) electrons. The lowest BCUT2D eigenvalue weighted by atomic mass is 9.94. The van der Waals surface area contributed by atoms with Gasteiger partial charge in [-0.15, -0.1) is 0 Å². The Hall–Kier alpha value is -1.07. The first kappa shape index (κ1) is 12.0. The highest BCUT2D eigenvalue weighted by Gasteiger charge is 2.35. The fourth-order valence-electron chi connectivity index (χ4n) is 3.16. The van der Waals surface area contributed by atoms with Crippen LogP contribution in [0.25, 0.3) is 0 Å². The number of nitrogens with one attached hydrogen (secondary N) is 1. The minimum atomic E-state index is 0.659. The predicted octanol–water partition coefficient (Wildman–Crippen LogP) is 0.718. The van der Waals surface area contributed by atoms with Gasteiger partial charge in [-0.3, -0.25) is 0 Å². The topological polar surface area (TPSA) is 42.3 Å². The summed E-state index contributed by atoms with van der Waals surface area (Å²) in [7, 11) is 1.74. The van der Waals surface area contributed by atoms with E-state index in [1.54, 1.807) is 7.11 Å². The summed E-state index contributed by atoms with van der Waals surface area (Å²) in [6, 6.07) is 0.659. The van der Waals surface area contributed by atoms with E-state index < -0.39 is 0 Å². The Morgan fingerprint density at radius 3 is 3.28 bits per heavy atom. The molecule has 100 valence electrons. The Balaban J connectivity index is 1.69. The minimum Gasteiger partial charge on any atom is -0.383 e. The van der Waals surface area contributed by atoms with Gasteiger partial charge in [0.1, 0.15) is 0 Å². The third-order valence-electron chi connectivity index (χ3n) is 4.11. The van der Waals surface area contributed by atoms with E-state index in [0.29, 0.717) is 6.04 Å². The molecule has 1 aromatic heterocycles. The first-order chi connectivity index (χ1) is 8.88. The molecule has 2 aliphatic rings. The van der Waals surface area contributed by atoms with Crippen molar-refractivity contribution in [2.24, 2.45) is 5.92 Å². The number of piperidine rings is 1. The first-order valence-corrected chi connectivity index (χ1v) is 6.87. The van der Waals surface area contributed by atoms with Crippen molar-refractivity contribution < 1.29 is 4.74 Å². The number of methoxy groups -OCH3 is 1. The van der Waals surface area contributed by atoms with Crippen molar-refractivity contribution in [1.29, 1.82) is 0 Å². The maximum atomic E-state index is 5.15. The molecule has 0 bridgehead atoms. The van der Waals surface area contributed by atoms with E-state index in [-0.39, 0.29) is 0 Å². The summed E-state index contributed by atoms with van der Waals surface area (Å²) in [5, 5.41) is 3.63. The molecule has 2 aliphatic heterocycles. The lowest BCUT2D eigenvalue weighted by molar-refractivity contribution is 0.187. The molecular formula is C13H22N4O. The number of imidazole rings is 1. The van der Waals surface area contributed by atoms with Crippen molar-refractivity contribution in [2.45, 2.75) is 25.4 Å². The predicted molar refractivity (Wildman–Crippen MR) is 70.8 cm³/mol. The Kier molecular flexibility index (Phi) is 3.52. The molecule has 3 rings (SSSR count). The molecule has 5 nitrogen and oxygen atoms in total. The summed E-state index contributed by atoms with van der Waals surface area (Å²) in [6.45, 7) is 5.02. The highest BCUT2D eigenvalue weighted by molar-refractivity contribution is 5.34. The van der Waals surface area contributed by atoms with Gasteiger partial charge in [0, 0.05) is 45.2 Å². The van der Waals surface area contributed by atoms with Crippen molar-refractivity contribution in [3.05, 3.63) is 12.4 Å². The number of anilines is 1. The van der Waals surface area contributed by atoms with Crippen LogP contribution in [0, 0.1) is 5.92 Å². The van der Waals surface area contributed by atoms with Crippen molar-refractivity contribution in [3.8, 4) is 0 Å². The number of hydrogen-bond acceptors (Lipinski definition) is 4. The molecule has 0 aliphatic carbocycles. The van der Waals surface area contributed by atoms with Crippen LogP contribution in [0.4, 0.5) is 5.95 Å². The van der Waals surface area contributed by atoms with Gasteiger partial charge >= 0.3 is 0 Å². The quantitative estimate of drug-likeness (QED) is 0.855. The second kappa shape index (κ2) is 5.28. The number of fused-ring (bicyclic) bond motifs is 1. The SMILES string of the molecule is COCCn1ccnc1N1CC2CCCNC2C1. The van der Waals surface area contributed by atoms with Crippen molar-refractivity contribution in [1.82, 2.24) is 14.9 Å². The number of rotatable bonds is 4. The fourth-order valence-corrected chi connectivity index (χ4v) is 3.16. The smallest absolute Gasteiger partial charge is 0.205 e. The van der Waals surface area contributed by atoms with Crippen molar-refractivity contribution in [3.63, 3.8) is 0 Å². The Morgan fingerprint density at radius 2 is 2.44 bits per heavy atom. The summed E-state index contributed by atoms with van der Waals surface area (Å²) in [6.07, 6.45) is 6.60. The third kappa shape index (κ3) is 2.24. The fraction of sp³-hybridized carbons (Fsp3) is 0.769. The number of hydrogen-bond donors (Lipinski definition) is 1. The maximum absolute atomic E-state index is 5.15. The van der Waals surface area contributed by atoms with E-state index in [0.717, 1.165) is 38.1 Å². The molecule has 0 spiro atoms. The molecule has 2 atom stereocenters. The molecule has 5 heteroatoms. The van der Waals surface area contributed by atoms with Crippen LogP contribution in [0.1, 0.15) is 12.8 Å². The molecule has 1 N–H and O–H groups in total. The molecule has 2 unspecified atom stereocenters. The van der Waals surface area contributed by atoms with Gasteiger partial charge in [0.25, 0.3) is 0 Å². The summed E-state index contributed by atoms with van der Waals surface area (Å²) in [5.74, 6) is 1.90. The number of nitrogens with zero attached hydrogens (tertiary/aromatic N) is 3. The maximum Gasteiger partial charge on any atom is 0.205 e. The second-order valence-electron chi connectivity index (χ2n) is 5.28. The van der Waals surface area contributed by atoms with E-state index in [1.807, 2.05) is 12.4 Å². The van der Waals surface area contributed by atoms with Crippen LogP contribution in [0.2, 0.25) is 0 Å². The zero-order valence-corrected chi connectivity index (χ0v) is 11.0. The molecule has 3 heterocycles. The summed E-state index contributed by atoms with van der Waals surface area (Å²) in [4.78, 5) is 6.93. The van der Waals surface area contributed by atoms with Gasteiger partial charge in [-0.25, -0.2) is 4.98 Å². The molecule has 2 fully saturated rings. The Labute approximate surface area is 108 Å². The summed E-state index contributed by atoms with van der Waals surface area (Å²) in [5.41, 5.74) is 0. The molecule has 0 amide bonds. The lowest BCUT2D eigenvalue weighted by Gasteiger charge is -2.24. The minimum absolute atomic E-state index is 0.659. The normalized spacial score (nSPS) is 27.5. The van der Waals surface area contributed by atoms with Gasteiger partial charge in [-0.05, 0) is 25.3 Å². The van der Waals surface area contributed by atoms with Crippen LogP contribution in [-0.4, -0.2) is 48.9 Å². The largest absolute Gasteiger partial charge is 0.383 e. The van der Waals surface area contributed by atoms with Crippen LogP contribution >= 0.6 is 0 Å². The molecule has 1 aromatic rings. The van der Waals surface area contributed by atoms with Gasteiger partial charge in [-0.1, -0.05) is 0 Å². The van der Waals surface area contributed by atoms with Gasteiger partial charge in [0.15, 0.2) is 0 Å². The average Bonchev–Trinajstić information content (AvgIpc) is 3.01. The Morgan fingerprint density at radius 1 is 1.50 bits per heavy atom. The molecule has 2 saturated heterocycles. The van der Waals surface area contributed by atoms with Crippen LogP contribution in [0.15, 0.2) is 12.4 Å². The lowest BCUT2D eigenvalue weighted by Crippen LogP contribution is -2.40. The van der Waals surface area contributed by atoms with E-state index in [4.69, 9.17) is 4.74 Å². The first-order valence-electron chi connectivity index (χ1n) is 6.87. The van der Waals surface area contributed by atoms with Crippen molar-refractivity contribution in [2.75, 3.05) is 38.3 Å². The summed E-state index contributed by atoms with van der Waals surface area (Å²) < 4.78 is 7.34. The van der Waals surface area contributed by atoms with E-state index >= 15 is 0 Å². The van der Waals surface area contributed by atoms with E-state index in [9.17, 15) is 0 Å². The Bertz CT molecular complexity index is 378.